The molecule has 1 saturated heterocycles. The number of anilines is 1. The highest BCUT2D eigenvalue weighted by Crippen LogP contribution is 2.56. The first-order chi connectivity index (χ1) is 21.9. The van der Waals surface area contributed by atoms with Crippen LogP contribution in [-0.4, -0.2) is 49.5 Å². The van der Waals surface area contributed by atoms with Crippen molar-refractivity contribution < 1.29 is 27.5 Å². The lowest BCUT2D eigenvalue weighted by atomic mass is 9.98. The molecule has 2 heterocycles. The molecule has 238 valence electrons. The molecule has 1 spiro atoms. The van der Waals surface area contributed by atoms with Crippen molar-refractivity contribution in [2.45, 2.75) is 57.1 Å². The van der Waals surface area contributed by atoms with Crippen molar-refractivity contribution in [3.63, 3.8) is 0 Å². The zero-order chi connectivity index (χ0) is 32.6. The second kappa shape index (κ2) is 12.3. The molecule has 3 amide bonds. The lowest BCUT2D eigenvalue weighted by molar-refractivity contribution is -0.274. The van der Waals surface area contributed by atoms with Crippen LogP contribution in [0.2, 0.25) is 0 Å². The number of urea groups is 1. The van der Waals surface area contributed by atoms with Crippen LogP contribution in [0.5, 0.6) is 5.75 Å². The third-order valence-corrected chi connectivity index (χ3v) is 9.18. The normalized spacial score (nSPS) is 16.5. The third-order valence-electron chi connectivity index (χ3n) is 7.75. The van der Waals surface area contributed by atoms with Crippen LogP contribution in [0.15, 0.2) is 78.0 Å². The molecular weight excluding hydrogens is 617 g/mol. The van der Waals surface area contributed by atoms with Crippen LogP contribution in [-0.2, 0) is 11.2 Å². The molecule has 1 aromatic heterocycles. The fourth-order valence-corrected chi connectivity index (χ4v) is 6.42. The van der Waals surface area contributed by atoms with Gasteiger partial charge in [-0.2, -0.15) is 4.99 Å². The molecule has 1 saturated carbocycles. The Bertz CT molecular complexity index is 1800. The van der Waals surface area contributed by atoms with E-state index in [1.807, 2.05) is 49.4 Å². The van der Waals surface area contributed by atoms with Gasteiger partial charge in [0.05, 0.1) is 11.4 Å². The lowest BCUT2D eigenvalue weighted by Crippen LogP contribution is -2.35. The molecule has 1 aliphatic carbocycles. The number of carbonyl (C=O) groups excluding carboxylic acids is 2. The summed E-state index contributed by atoms with van der Waals surface area (Å²) in [6.07, 6.45) is -1.18. The maximum atomic E-state index is 13.5. The van der Waals surface area contributed by atoms with Gasteiger partial charge in [0, 0.05) is 12.1 Å². The van der Waals surface area contributed by atoms with Crippen LogP contribution in [0, 0.1) is 6.92 Å². The van der Waals surface area contributed by atoms with Gasteiger partial charge in [0.1, 0.15) is 16.8 Å². The molecule has 1 N–H and O–H groups in total. The zero-order valence-corrected chi connectivity index (χ0v) is 26.2. The van der Waals surface area contributed by atoms with E-state index in [1.165, 1.54) is 47.0 Å². The molecule has 3 aromatic carbocycles. The summed E-state index contributed by atoms with van der Waals surface area (Å²) in [7, 11) is 0. The second-order valence-corrected chi connectivity index (χ2v) is 12.9. The minimum absolute atomic E-state index is 0.00981. The van der Waals surface area contributed by atoms with Crippen molar-refractivity contribution in [3.8, 4) is 22.8 Å². The van der Waals surface area contributed by atoms with Crippen molar-refractivity contribution in [2.24, 2.45) is 4.99 Å². The molecule has 46 heavy (non-hydrogen) atoms. The number of alkyl halides is 3. The van der Waals surface area contributed by atoms with Crippen molar-refractivity contribution in [2.75, 3.05) is 11.4 Å². The monoisotopic (exact) mass is 648 g/mol. The summed E-state index contributed by atoms with van der Waals surface area (Å²) in [6.45, 7) is 6.49. The molecule has 0 atom stereocenters. The van der Waals surface area contributed by atoms with Gasteiger partial charge in [-0.15, -0.1) is 18.3 Å². The number of nitrogens with zero attached hydrogens (tertiary/aromatic N) is 5. The topological polar surface area (TPSA) is 102 Å². The average molecular weight is 649 g/mol. The maximum absolute atomic E-state index is 13.5. The van der Waals surface area contributed by atoms with Crippen LogP contribution >= 0.6 is 11.8 Å². The van der Waals surface area contributed by atoms with Gasteiger partial charge in [-0.25, -0.2) is 14.5 Å². The Morgan fingerprint density at radius 1 is 1.09 bits per heavy atom. The summed E-state index contributed by atoms with van der Waals surface area (Å²) >= 11 is 1.38. The van der Waals surface area contributed by atoms with Crippen LogP contribution in [0.3, 0.4) is 0 Å². The van der Waals surface area contributed by atoms with E-state index in [4.69, 9.17) is 0 Å². The molecule has 0 radical (unpaired) electrons. The predicted octanol–water partition coefficient (Wildman–Crippen LogP) is 7.19. The van der Waals surface area contributed by atoms with Gasteiger partial charge >= 0.3 is 12.4 Å². The number of benzene rings is 3. The maximum Gasteiger partial charge on any atom is 0.573 e. The quantitative estimate of drug-likeness (QED) is 0.217. The Hall–Kier alpha value is -4.65. The number of aliphatic imine (C=N–C) groups is 1. The minimum atomic E-state index is -4.76. The van der Waals surface area contributed by atoms with E-state index < -0.39 is 17.1 Å². The number of amidine groups is 1. The Labute approximate surface area is 267 Å². The van der Waals surface area contributed by atoms with E-state index in [1.54, 1.807) is 4.90 Å². The van der Waals surface area contributed by atoms with Crippen LogP contribution < -0.4 is 15.0 Å². The summed E-state index contributed by atoms with van der Waals surface area (Å²) in [6, 6.07) is 18.4. The Morgan fingerprint density at radius 2 is 1.80 bits per heavy atom. The van der Waals surface area contributed by atoms with E-state index >= 15 is 0 Å². The summed E-state index contributed by atoms with van der Waals surface area (Å²) in [4.78, 5) is 36.7. The highest BCUT2D eigenvalue weighted by Gasteiger charge is 2.60. The Kier molecular flexibility index (Phi) is 8.36. The molecule has 2 aliphatic rings. The Morgan fingerprint density at radius 3 is 2.46 bits per heavy atom. The largest absolute Gasteiger partial charge is 0.573 e. The highest BCUT2D eigenvalue weighted by atomic mass is 32.2. The molecule has 0 unspecified atom stereocenters. The van der Waals surface area contributed by atoms with Gasteiger partial charge in [-0.3, -0.25) is 9.69 Å². The number of amides is 3. The fourth-order valence-electron chi connectivity index (χ4n) is 5.19. The Balaban J connectivity index is 1.07. The van der Waals surface area contributed by atoms with Crippen molar-refractivity contribution >= 4 is 34.6 Å². The zero-order valence-electron chi connectivity index (χ0n) is 25.3. The van der Waals surface area contributed by atoms with Gasteiger partial charge < -0.3 is 10.1 Å². The molecule has 6 rings (SSSR count). The summed E-state index contributed by atoms with van der Waals surface area (Å²) in [5, 5.41) is 7.69. The predicted molar refractivity (Wildman–Crippen MR) is 170 cm³/mol. The summed E-state index contributed by atoms with van der Waals surface area (Å²) < 4.78 is 42.1. The van der Waals surface area contributed by atoms with Crippen LogP contribution in [0.4, 0.5) is 23.7 Å². The van der Waals surface area contributed by atoms with Gasteiger partial charge in [0.25, 0.3) is 0 Å². The molecule has 4 aromatic rings. The van der Waals surface area contributed by atoms with E-state index in [9.17, 15) is 22.8 Å². The van der Waals surface area contributed by atoms with Crippen LogP contribution in [0.25, 0.3) is 17.1 Å². The molecule has 2 fully saturated rings. The summed E-state index contributed by atoms with van der Waals surface area (Å²) in [5.74, 6) is 0.311. The molecular formula is C33H31F3N6O3S. The van der Waals surface area contributed by atoms with E-state index in [2.05, 4.69) is 39.0 Å². The number of aromatic nitrogens is 3. The highest BCUT2D eigenvalue weighted by molar-refractivity contribution is 8.17. The molecule has 13 heteroatoms. The smallest absolute Gasteiger partial charge is 0.406 e. The lowest BCUT2D eigenvalue weighted by Gasteiger charge is -2.22. The van der Waals surface area contributed by atoms with E-state index in [-0.39, 0.29) is 17.6 Å². The number of carbonyl (C=O) groups is 2. The summed E-state index contributed by atoms with van der Waals surface area (Å²) in [5.41, 5.74) is 5.10. The number of ether oxygens (including phenoxy) is 1. The van der Waals surface area contributed by atoms with Gasteiger partial charge in [-0.1, -0.05) is 62.0 Å². The van der Waals surface area contributed by atoms with Crippen molar-refractivity contribution in [1.82, 2.24) is 20.1 Å². The number of thioether (sulfide) groups is 1. The van der Waals surface area contributed by atoms with E-state index in [0.717, 1.165) is 40.8 Å². The van der Waals surface area contributed by atoms with Crippen molar-refractivity contribution in [1.29, 1.82) is 0 Å². The number of rotatable bonds is 8. The standard InChI is InChI=1S/C33H31F3N6O3S/c1-20(2)26-13-4-21(3)18-27(26)42-29(43)32(15-16-32)46-31(42)39-30(44)37-17-14-22-5-7-23(8-6-22)28-38-19-41(40-28)24-9-11-25(12-10-24)45-33(34,35)36/h4-13,18-20H,14-17H2,1-3H3,(H,37,44)/b39-31-. The first-order valence-electron chi connectivity index (χ1n) is 14.8. The molecule has 0 bridgehead atoms. The van der Waals surface area contributed by atoms with Gasteiger partial charge in [0.2, 0.25) is 5.91 Å². The third kappa shape index (κ3) is 6.79. The minimum Gasteiger partial charge on any atom is -0.406 e. The number of nitrogens with one attached hydrogen (secondary N) is 1. The van der Waals surface area contributed by atoms with Gasteiger partial charge in [-0.05, 0) is 79.1 Å². The first-order valence-corrected chi connectivity index (χ1v) is 15.6. The van der Waals surface area contributed by atoms with Crippen molar-refractivity contribution in [3.05, 3.63) is 89.7 Å². The van der Waals surface area contributed by atoms with Gasteiger partial charge in [0.15, 0.2) is 11.0 Å². The number of aryl methyl sites for hydroxylation is 1. The van der Waals surface area contributed by atoms with Crippen LogP contribution in [0.1, 0.15) is 49.3 Å². The average Bonchev–Trinajstić information content (AvgIpc) is 3.52. The molecule has 9 nitrogen and oxygen atoms in total. The molecule has 1 aliphatic heterocycles. The number of hydrogen-bond acceptors (Lipinski definition) is 6. The number of halogens is 3. The fraction of sp³-hybridized carbons (Fsp3) is 0.303. The number of hydrogen-bond donors (Lipinski definition) is 1. The second-order valence-electron chi connectivity index (χ2n) is 11.6. The van der Waals surface area contributed by atoms with E-state index in [0.29, 0.717) is 29.6 Å². The first kappa shape index (κ1) is 31.3. The SMILES string of the molecule is Cc1ccc(C(C)C)c(N2C(=O)C3(CC3)S/C2=N\C(=O)NCCc2ccc(-c3ncn(-c4ccc(OC(F)(F)F)cc4)n3)cc2)c1.